The quantitative estimate of drug-likeness (QED) is 0.719. The molecule has 0 aliphatic rings. The Kier molecular flexibility index (Phi) is 2.85. The van der Waals surface area contributed by atoms with Crippen LogP contribution in [0.15, 0.2) is 36.9 Å². The summed E-state index contributed by atoms with van der Waals surface area (Å²) in [6.45, 7) is 5.64. The molecule has 0 aliphatic carbocycles. The zero-order chi connectivity index (χ0) is 9.84. The van der Waals surface area contributed by atoms with Crippen LogP contribution in [0.3, 0.4) is 0 Å². The summed E-state index contributed by atoms with van der Waals surface area (Å²) in [7, 11) is 0. The molecule has 0 aromatic heterocycles. The lowest BCUT2D eigenvalue weighted by atomic mass is 9.99. The molecular formula is C11H12O2. The molecule has 2 nitrogen and oxygen atoms in total. The van der Waals surface area contributed by atoms with Crippen LogP contribution < -0.4 is 0 Å². The fraction of sp³-hybridized carbons (Fsp3) is 0.182. The van der Waals surface area contributed by atoms with E-state index in [2.05, 4.69) is 6.58 Å². The number of hydrogen-bond donors (Lipinski definition) is 1. The van der Waals surface area contributed by atoms with Crippen LogP contribution in [0.1, 0.15) is 28.8 Å². The maximum Gasteiger partial charge on any atom is 0.335 e. The van der Waals surface area contributed by atoms with E-state index in [1.54, 1.807) is 24.3 Å². The molecule has 1 N–H and O–H groups in total. The maximum absolute atomic E-state index is 10.6. The number of hydrogen-bond acceptors (Lipinski definition) is 1. The second-order valence-corrected chi connectivity index (χ2v) is 2.95. The van der Waals surface area contributed by atoms with Crippen molar-refractivity contribution in [1.82, 2.24) is 0 Å². The van der Waals surface area contributed by atoms with E-state index in [4.69, 9.17) is 5.11 Å². The van der Waals surface area contributed by atoms with Gasteiger partial charge in [-0.3, -0.25) is 0 Å². The number of aromatic carboxylic acids is 1. The Morgan fingerprint density at radius 3 is 2.85 bits per heavy atom. The number of carboxylic acids is 1. The topological polar surface area (TPSA) is 37.3 Å². The second-order valence-electron chi connectivity index (χ2n) is 2.95. The first-order valence-electron chi connectivity index (χ1n) is 4.11. The smallest absolute Gasteiger partial charge is 0.335 e. The minimum absolute atomic E-state index is 0.194. The first kappa shape index (κ1) is 9.52. The summed E-state index contributed by atoms with van der Waals surface area (Å²) in [6, 6.07) is 6.91. The molecule has 2 heteroatoms. The van der Waals surface area contributed by atoms with Crippen molar-refractivity contribution in [3.8, 4) is 0 Å². The van der Waals surface area contributed by atoms with Gasteiger partial charge in [0.1, 0.15) is 0 Å². The lowest BCUT2D eigenvalue weighted by molar-refractivity contribution is 0.0697. The van der Waals surface area contributed by atoms with Gasteiger partial charge in [0.2, 0.25) is 0 Å². The number of allylic oxidation sites excluding steroid dienone is 1. The summed E-state index contributed by atoms with van der Waals surface area (Å²) in [5.74, 6) is -0.697. The average Bonchev–Trinajstić information content (AvgIpc) is 2.17. The van der Waals surface area contributed by atoms with E-state index in [1.807, 2.05) is 13.0 Å². The lowest BCUT2D eigenvalue weighted by Crippen LogP contribution is -1.98. The molecule has 0 bridgehead atoms. The van der Waals surface area contributed by atoms with Gasteiger partial charge >= 0.3 is 5.97 Å². The number of rotatable bonds is 3. The van der Waals surface area contributed by atoms with Crippen molar-refractivity contribution in [2.75, 3.05) is 0 Å². The Labute approximate surface area is 77.5 Å². The van der Waals surface area contributed by atoms with E-state index in [-0.39, 0.29) is 5.92 Å². The van der Waals surface area contributed by atoms with E-state index in [1.165, 1.54) is 0 Å². The summed E-state index contributed by atoms with van der Waals surface area (Å²) >= 11 is 0. The van der Waals surface area contributed by atoms with Gasteiger partial charge in [-0.25, -0.2) is 4.79 Å². The molecule has 0 amide bonds. The highest BCUT2D eigenvalue weighted by molar-refractivity contribution is 5.87. The monoisotopic (exact) mass is 176 g/mol. The van der Waals surface area contributed by atoms with Crippen LogP contribution >= 0.6 is 0 Å². The third kappa shape index (κ3) is 2.18. The number of carboxylic acid groups (broad SMARTS) is 1. The molecule has 0 aliphatic heterocycles. The molecular weight excluding hydrogens is 164 g/mol. The van der Waals surface area contributed by atoms with E-state index in [0.717, 1.165) is 5.56 Å². The van der Waals surface area contributed by atoms with Gasteiger partial charge in [-0.15, -0.1) is 6.58 Å². The Morgan fingerprint density at radius 2 is 2.31 bits per heavy atom. The molecule has 0 saturated carbocycles. The van der Waals surface area contributed by atoms with Gasteiger partial charge in [-0.1, -0.05) is 25.1 Å². The van der Waals surface area contributed by atoms with Crippen LogP contribution in [0.2, 0.25) is 0 Å². The van der Waals surface area contributed by atoms with Crippen molar-refractivity contribution in [2.45, 2.75) is 12.8 Å². The average molecular weight is 176 g/mol. The number of benzene rings is 1. The van der Waals surface area contributed by atoms with Crippen LogP contribution in [0.5, 0.6) is 0 Å². The second kappa shape index (κ2) is 3.90. The van der Waals surface area contributed by atoms with E-state index in [9.17, 15) is 4.79 Å². The number of carbonyl (C=O) groups is 1. The van der Waals surface area contributed by atoms with E-state index >= 15 is 0 Å². The maximum atomic E-state index is 10.6. The first-order chi connectivity index (χ1) is 6.15. The van der Waals surface area contributed by atoms with Crippen LogP contribution in [0, 0.1) is 0 Å². The van der Waals surface area contributed by atoms with Gasteiger partial charge in [0.15, 0.2) is 0 Å². The van der Waals surface area contributed by atoms with Crippen LogP contribution in [0.4, 0.5) is 0 Å². The van der Waals surface area contributed by atoms with Crippen molar-refractivity contribution < 1.29 is 9.90 Å². The van der Waals surface area contributed by atoms with E-state index in [0.29, 0.717) is 5.56 Å². The summed E-state index contributed by atoms with van der Waals surface area (Å²) < 4.78 is 0. The predicted octanol–water partition coefficient (Wildman–Crippen LogP) is 2.67. The molecule has 0 fully saturated rings. The van der Waals surface area contributed by atoms with E-state index < -0.39 is 5.97 Å². The SMILES string of the molecule is C=CC(C)c1cccc(C(=O)O)c1. The molecule has 0 radical (unpaired) electrons. The van der Waals surface area contributed by atoms with Crippen LogP contribution in [-0.4, -0.2) is 11.1 Å². The Balaban J connectivity index is 3.04. The molecule has 68 valence electrons. The highest BCUT2D eigenvalue weighted by Gasteiger charge is 2.05. The lowest BCUT2D eigenvalue weighted by Gasteiger charge is -2.06. The summed E-state index contributed by atoms with van der Waals surface area (Å²) in [4.78, 5) is 10.6. The Bertz CT molecular complexity index is 329. The van der Waals surface area contributed by atoms with Crippen molar-refractivity contribution in [3.05, 3.63) is 48.0 Å². The molecule has 0 heterocycles. The molecule has 1 atom stereocenters. The molecule has 1 aromatic carbocycles. The van der Waals surface area contributed by atoms with Gasteiger partial charge in [-0.05, 0) is 23.6 Å². The predicted molar refractivity (Wildman–Crippen MR) is 52.0 cm³/mol. The summed E-state index contributed by atoms with van der Waals surface area (Å²) in [5, 5.41) is 8.74. The van der Waals surface area contributed by atoms with Gasteiger partial charge in [0.25, 0.3) is 0 Å². The molecule has 1 rings (SSSR count). The largest absolute Gasteiger partial charge is 0.478 e. The van der Waals surface area contributed by atoms with Crippen molar-refractivity contribution >= 4 is 5.97 Å². The van der Waals surface area contributed by atoms with Crippen molar-refractivity contribution in [2.24, 2.45) is 0 Å². The minimum Gasteiger partial charge on any atom is -0.478 e. The highest BCUT2D eigenvalue weighted by Crippen LogP contribution is 2.17. The standard InChI is InChI=1S/C11H12O2/c1-3-8(2)9-5-4-6-10(7-9)11(12)13/h3-8H,1H2,2H3,(H,12,13). The molecule has 13 heavy (non-hydrogen) atoms. The van der Waals surface area contributed by atoms with Gasteiger partial charge < -0.3 is 5.11 Å². The van der Waals surface area contributed by atoms with Gasteiger partial charge in [-0.2, -0.15) is 0 Å². The summed E-state index contributed by atoms with van der Waals surface area (Å²) in [5.41, 5.74) is 1.31. The fourth-order valence-electron chi connectivity index (χ4n) is 1.09. The van der Waals surface area contributed by atoms with Crippen LogP contribution in [-0.2, 0) is 0 Å². The highest BCUT2D eigenvalue weighted by atomic mass is 16.4. The van der Waals surface area contributed by atoms with Crippen molar-refractivity contribution in [1.29, 1.82) is 0 Å². The third-order valence-electron chi connectivity index (χ3n) is 2.01. The fourth-order valence-corrected chi connectivity index (χ4v) is 1.09. The zero-order valence-electron chi connectivity index (χ0n) is 7.53. The zero-order valence-corrected chi connectivity index (χ0v) is 7.53. The van der Waals surface area contributed by atoms with Crippen molar-refractivity contribution in [3.63, 3.8) is 0 Å². The Morgan fingerprint density at radius 1 is 1.62 bits per heavy atom. The normalized spacial score (nSPS) is 12.1. The summed E-state index contributed by atoms with van der Waals surface area (Å²) in [6.07, 6.45) is 1.79. The Hall–Kier alpha value is -1.57. The third-order valence-corrected chi connectivity index (χ3v) is 2.01. The molecule has 1 unspecified atom stereocenters. The first-order valence-corrected chi connectivity index (χ1v) is 4.11. The van der Waals surface area contributed by atoms with Gasteiger partial charge in [0.05, 0.1) is 5.56 Å². The molecule has 1 aromatic rings. The van der Waals surface area contributed by atoms with Gasteiger partial charge in [0, 0.05) is 0 Å². The van der Waals surface area contributed by atoms with Crippen LogP contribution in [0.25, 0.3) is 0 Å². The minimum atomic E-state index is -0.891. The molecule has 0 saturated heterocycles. The molecule has 0 spiro atoms.